The summed E-state index contributed by atoms with van der Waals surface area (Å²) < 4.78 is 0. The van der Waals surface area contributed by atoms with Gasteiger partial charge in [0.1, 0.15) is 5.82 Å². The molecule has 0 spiro atoms. The lowest BCUT2D eigenvalue weighted by atomic mass is 9.98. The van der Waals surface area contributed by atoms with Crippen LogP contribution in [0.5, 0.6) is 0 Å². The molecule has 0 bridgehead atoms. The first-order valence-electron chi connectivity index (χ1n) is 7.16. The molecule has 1 aliphatic rings. The van der Waals surface area contributed by atoms with Crippen molar-refractivity contribution < 1.29 is 4.79 Å². The molecule has 0 unspecified atom stereocenters. The topological polar surface area (TPSA) is 54.0 Å². The van der Waals surface area contributed by atoms with Crippen molar-refractivity contribution in [2.45, 2.75) is 45.6 Å². The third-order valence-electron chi connectivity index (χ3n) is 3.69. The fraction of sp³-hybridized carbons (Fsp3) is 0.600. The molecule has 1 aromatic heterocycles. The zero-order valence-electron chi connectivity index (χ0n) is 12.3. The van der Waals surface area contributed by atoms with Gasteiger partial charge in [-0.15, -0.1) is 0 Å². The van der Waals surface area contributed by atoms with E-state index in [4.69, 9.17) is 11.6 Å². The van der Waals surface area contributed by atoms with E-state index in [2.05, 4.69) is 36.4 Å². The summed E-state index contributed by atoms with van der Waals surface area (Å²) in [6, 6.07) is 1.72. The van der Waals surface area contributed by atoms with Crippen LogP contribution < -0.4 is 10.6 Å². The minimum atomic E-state index is -0.180. The van der Waals surface area contributed by atoms with Crippen molar-refractivity contribution in [3.05, 3.63) is 22.8 Å². The standard InChI is InChI=1S/C15H22ClN3O/c1-4-7-17-13-8-11(12(16)9-18-13)14(20)19-15(2,3)10-5-6-10/h8-10H,4-7H2,1-3H3,(H,17,18)(H,19,20). The van der Waals surface area contributed by atoms with Crippen LogP contribution >= 0.6 is 11.6 Å². The Labute approximate surface area is 125 Å². The van der Waals surface area contributed by atoms with Crippen LogP contribution in [0.15, 0.2) is 12.3 Å². The Hall–Kier alpha value is -1.29. The quantitative estimate of drug-likeness (QED) is 0.845. The minimum absolute atomic E-state index is 0.131. The van der Waals surface area contributed by atoms with Gasteiger partial charge in [0.2, 0.25) is 0 Å². The minimum Gasteiger partial charge on any atom is -0.370 e. The highest BCUT2D eigenvalue weighted by atomic mass is 35.5. The van der Waals surface area contributed by atoms with Crippen LogP contribution in [0.1, 0.15) is 50.4 Å². The molecular formula is C15H22ClN3O. The number of pyridine rings is 1. The molecule has 2 N–H and O–H groups in total. The number of carbonyl (C=O) groups is 1. The normalized spacial score (nSPS) is 15.0. The van der Waals surface area contributed by atoms with E-state index >= 15 is 0 Å². The zero-order chi connectivity index (χ0) is 14.8. The van der Waals surface area contributed by atoms with Crippen molar-refractivity contribution in [3.8, 4) is 0 Å². The maximum absolute atomic E-state index is 12.4. The predicted molar refractivity (Wildman–Crippen MR) is 82.3 cm³/mol. The van der Waals surface area contributed by atoms with Crippen molar-refractivity contribution in [1.82, 2.24) is 10.3 Å². The monoisotopic (exact) mass is 295 g/mol. The summed E-state index contributed by atoms with van der Waals surface area (Å²) in [4.78, 5) is 16.6. The summed E-state index contributed by atoms with van der Waals surface area (Å²) in [6.45, 7) is 7.03. The Balaban J connectivity index is 2.11. The Kier molecular flexibility index (Phi) is 4.53. The van der Waals surface area contributed by atoms with E-state index in [-0.39, 0.29) is 11.4 Å². The molecule has 0 aliphatic heterocycles. The predicted octanol–water partition coefficient (Wildman–Crippen LogP) is 3.48. The van der Waals surface area contributed by atoms with Crippen LogP contribution in [0.3, 0.4) is 0 Å². The number of anilines is 1. The number of halogens is 1. The van der Waals surface area contributed by atoms with Gasteiger partial charge in [0.25, 0.3) is 5.91 Å². The highest BCUT2D eigenvalue weighted by Gasteiger charge is 2.39. The van der Waals surface area contributed by atoms with Gasteiger partial charge < -0.3 is 10.6 Å². The number of nitrogens with zero attached hydrogens (tertiary/aromatic N) is 1. The van der Waals surface area contributed by atoms with E-state index in [1.807, 2.05) is 0 Å². The largest absolute Gasteiger partial charge is 0.370 e. The van der Waals surface area contributed by atoms with E-state index in [9.17, 15) is 4.79 Å². The Morgan fingerprint density at radius 1 is 1.50 bits per heavy atom. The third-order valence-corrected chi connectivity index (χ3v) is 3.99. The molecule has 1 aromatic rings. The van der Waals surface area contributed by atoms with Gasteiger partial charge in [0, 0.05) is 18.3 Å². The van der Waals surface area contributed by atoms with Crippen molar-refractivity contribution >= 4 is 23.3 Å². The van der Waals surface area contributed by atoms with Crippen LogP contribution in [0.2, 0.25) is 5.02 Å². The first kappa shape index (κ1) is 15.1. The van der Waals surface area contributed by atoms with Crippen molar-refractivity contribution in [3.63, 3.8) is 0 Å². The van der Waals surface area contributed by atoms with Crippen LogP contribution in [0, 0.1) is 5.92 Å². The molecular weight excluding hydrogens is 274 g/mol. The van der Waals surface area contributed by atoms with E-state index in [0.29, 0.717) is 22.3 Å². The molecule has 20 heavy (non-hydrogen) atoms. The average molecular weight is 296 g/mol. The van der Waals surface area contributed by atoms with E-state index in [0.717, 1.165) is 13.0 Å². The number of rotatable bonds is 6. The first-order valence-corrected chi connectivity index (χ1v) is 7.53. The van der Waals surface area contributed by atoms with Gasteiger partial charge in [-0.3, -0.25) is 4.79 Å². The lowest BCUT2D eigenvalue weighted by Crippen LogP contribution is -2.45. The molecule has 1 aliphatic carbocycles. The molecule has 0 atom stereocenters. The molecule has 110 valence electrons. The third kappa shape index (κ3) is 3.63. The van der Waals surface area contributed by atoms with E-state index in [1.54, 1.807) is 6.07 Å². The van der Waals surface area contributed by atoms with Gasteiger partial charge in [-0.25, -0.2) is 4.98 Å². The lowest BCUT2D eigenvalue weighted by molar-refractivity contribution is 0.0903. The smallest absolute Gasteiger partial charge is 0.253 e. The van der Waals surface area contributed by atoms with Crippen molar-refractivity contribution in [1.29, 1.82) is 0 Å². The molecule has 0 saturated heterocycles. The summed E-state index contributed by atoms with van der Waals surface area (Å²) in [7, 11) is 0. The molecule has 1 saturated carbocycles. The summed E-state index contributed by atoms with van der Waals surface area (Å²) in [6.07, 6.45) is 4.89. The highest BCUT2D eigenvalue weighted by Crippen LogP contribution is 2.39. The summed E-state index contributed by atoms with van der Waals surface area (Å²) in [5, 5.41) is 6.63. The lowest BCUT2D eigenvalue weighted by Gasteiger charge is -2.26. The summed E-state index contributed by atoms with van der Waals surface area (Å²) in [5.41, 5.74) is 0.301. The second-order valence-corrected chi connectivity index (χ2v) is 6.33. The molecule has 5 heteroatoms. The van der Waals surface area contributed by atoms with Gasteiger partial charge in [-0.05, 0) is 45.1 Å². The zero-order valence-corrected chi connectivity index (χ0v) is 13.0. The Bertz CT molecular complexity index is 498. The molecule has 4 nitrogen and oxygen atoms in total. The maximum atomic E-state index is 12.4. The molecule has 1 heterocycles. The number of nitrogens with one attached hydrogen (secondary N) is 2. The fourth-order valence-corrected chi connectivity index (χ4v) is 2.42. The number of carbonyl (C=O) groups excluding carboxylic acids is 1. The fourth-order valence-electron chi connectivity index (χ4n) is 2.23. The number of amides is 1. The number of hydrogen-bond donors (Lipinski definition) is 2. The van der Waals surface area contributed by atoms with E-state index in [1.165, 1.54) is 19.0 Å². The first-order chi connectivity index (χ1) is 9.44. The summed E-state index contributed by atoms with van der Waals surface area (Å²) in [5.74, 6) is 1.13. The van der Waals surface area contributed by atoms with Gasteiger partial charge in [0.15, 0.2) is 0 Å². The molecule has 1 amide bonds. The number of aromatic nitrogens is 1. The highest BCUT2D eigenvalue weighted by molar-refractivity contribution is 6.33. The van der Waals surface area contributed by atoms with Crippen molar-refractivity contribution in [2.75, 3.05) is 11.9 Å². The molecule has 0 aromatic carbocycles. The molecule has 2 rings (SSSR count). The van der Waals surface area contributed by atoms with Crippen LogP contribution in [-0.4, -0.2) is 23.0 Å². The SMILES string of the molecule is CCCNc1cc(C(=O)NC(C)(C)C2CC2)c(Cl)cn1. The Morgan fingerprint density at radius 2 is 2.20 bits per heavy atom. The van der Waals surface area contributed by atoms with Gasteiger partial charge in [0.05, 0.1) is 10.6 Å². The second-order valence-electron chi connectivity index (χ2n) is 5.93. The van der Waals surface area contributed by atoms with Gasteiger partial charge in [-0.2, -0.15) is 0 Å². The second kappa shape index (κ2) is 6.00. The summed E-state index contributed by atoms with van der Waals surface area (Å²) >= 11 is 6.10. The maximum Gasteiger partial charge on any atom is 0.253 e. The van der Waals surface area contributed by atoms with Crippen LogP contribution in [-0.2, 0) is 0 Å². The van der Waals surface area contributed by atoms with E-state index < -0.39 is 0 Å². The van der Waals surface area contributed by atoms with Gasteiger partial charge >= 0.3 is 0 Å². The molecule has 1 fully saturated rings. The van der Waals surface area contributed by atoms with Crippen LogP contribution in [0.4, 0.5) is 5.82 Å². The Morgan fingerprint density at radius 3 is 2.80 bits per heavy atom. The number of hydrogen-bond acceptors (Lipinski definition) is 3. The average Bonchev–Trinajstić information content (AvgIpc) is 3.21. The van der Waals surface area contributed by atoms with Gasteiger partial charge in [-0.1, -0.05) is 18.5 Å². The molecule has 0 radical (unpaired) electrons. The van der Waals surface area contributed by atoms with Crippen molar-refractivity contribution in [2.24, 2.45) is 5.92 Å². The van der Waals surface area contributed by atoms with Crippen LogP contribution in [0.25, 0.3) is 0 Å².